The third-order valence-electron chi connectivity index (χ3n) is 4.95. The second-order valence-electron chi connectivity index (χ2n) is 7.46. The summed E-state index contributed by atoms with van der Waals surface area (Å²) in [6.07, 6.45) is -3.14. The van der Waals surface area contributed by atoms with Crippen LogP contribution in [0.1, 0.15) is 15.9 Å². The first-order chi connectivity index (χ1) is 15.2. The van der Waals surface area contributed by atoms with Gasteiger partial charge in [0.2, 0.25) is 0 Å². The molecule has 1 unspecified atom stereocenters. The van der Waals surface area contributed by atoms with E-state index in [1.165, 1.54) is 21.9 Å². The molecule has 168 valence electrons. The van der Waals surface area contributed by atoms with Crippen LogP contribution in [0.15, 0.2) is 48.5 Å². The minimum Gasteiger partial charge on any atom is -0.384 e. The Morgan fingerprint density at radius 3 is 2.53 bits per heavy atom. The van der Waals surface area contributed by atoms with E-state index in [0.29, 0.717) is 22.5 Å². The molecule has 0 bridgehead atoms. The predicted molar refractivity (Wildman–Crippen MR) is 119 cm³/mol. The fourth-order valence-corrected chi connectivity index (χ4v) is 3.24. The second kappa shape index (κ2) is 9.58. The monoisotopic (exact) mass is 439 g/mol. The first-order valence-corrected chi connectivity index (χ1v) is 9.87. The number of nitrogens with two attached hydrogens (primary N) is 1. The van der Waals surface area contributed by atoms with Crippen LogP contribution in [-0.4, -0.2) is 73.0 Å². The Labute approximate surface area is 185 Å². The van der Waals surface area contributed by atoms with Gasteiger partial charge in [-0.15, -0.1) is 0 Å². The zero-order chi connectivity index (χ0) is 23.4. The molecule has 2 aromatic rings. The zero-order valence-corrected chi connectivity index (χ0v) is 17.7. The van der Waals surface area contributed by atoms with Gasteiger partial charge in [-0.2, -0.15) is 0 Å². The molecule has 0 aliphatic carbocycles. The number of morpholine rings is 1. The van der Waals surface area contributed by atoms with Crippen LogP contribution in [0.25, 0.3) is 0 Å². The number of amidine groups is 1. The Kier molecular flexibility index (Phi) is 6.86. The third kappa shape index (κ3) is 4.93. The first kappa shape index (κ1) is 22.9. The molecular formula is C22H25N5O5. The molecule has 1 saturated heterocycles. The van der Waals surface area contributed by atoms with Crippen molar-refractivity contribution in [3.63, 3.8) is 0 Å². The molecule has 0 saturated carbocycles. The van der Waals surface area contributed by atoms with Crippen molar-refractivity contribution in [2.45, 2.75) is 12.2 Å². The van der Waals surface area contributed by atoms with Gasteiger partial charge in [0, 0.05) is 43.1 Å². The van der Waals surface area contributed by atoms with E-state index in [2.05, 4.69) is 5.32 Å². The Hall–Kier alpha value is -3.76. The smallest absolute Gasteiger partial charge is 0.259 e. The van der Waals surface area contributed by atoms with E-state index >= 15 is 0 Å². The molecule has 1 heterocycles. The summed E-state index contributed by atoms with van der Waals surface area (Å²) in [5.74, 6) is -1.71. The van der Waals surface area contributed by atoms with Crippen LogP contribution >= 0.6 is 0 Å². The average Bonchev–Trinajstić information content (AvgIpc) is 2.78. The topological polar surface area (TPSA) is 149 Å². The summed E-state index contributed by atoms with van der Waals surface area (Å²) < 4.78 is 5.41. The van der Waals surface area contributed by atoms with Crippen LogP contribution in [0.4, 0.5) is 11.4 Å². The van der Waals surface area contributed by atoms with Crippen molar-refractivity contribution in [1.29, 1.82) is 5.41 Å². The molecule has 0 radical (unpaired) electrons. The average molecular weight is 439 g/mol. The lowest BCUT2D eigenvalue weighted by Gasteiger charge is -2.34. The summed E-state index contributed by atoms with van der Waals surface area (Å²) in [6, 6.07) is 12.7. The van der Waals surface area contributed by atoms with E-state index in [1.807, 2.05) is 0 Å². The van der Waals surface area contributed by atoms with E-state index in [4.69, 9.17) is 15.9 Å². The molecule has 2 aromatic carbocycles. The fourth-order valence-electron chi connectivity index (χ4n) is 3.24. The van der Waals surface area contributed by atoms with Crippen molar-refractivity contribution in [2.24, 2.45) is 5.73 Å². The van der Waals surface area contributed by atoms with Gasteiger partial charge in [-0.3, -0.25) is 19.8 Å². The van der Waals surface area contributed by atoms with E-state index in [1.54, 1.807) is 50.5 Å². The lowest BCUT2D eigenvalue weighted by Crippen LogP contribution is -2.55. The number of carbonyl (C=O) groups excluding carboxylic acids is 3. The zero-order valence-electron chi connectivity index (χ0n) is 17.7. The van der Waals surface area contributed by atoms with Gasteiger partial charge in [-0.1, -0.05) is 6.07 Å². The van der Waals surface area contributed by atoms with Crippen LogP contribution in [-0.2, 0) is 14.3 Å². The maximum Gasteiger partial charge on any atom is 0.259 e. The summed E-state index contributed by atoms with van der Waals surface area (Å²) >= 11 is 0. The van der Waals surface area contributed by atoms with Crippen molar-refractivity contribution in [1.82, 2.24) is 4.90 Å². The number of nitrogen functional groups attached to an aromatic ring is 1. The molecule has 10 nitrogen and oxygen atoms in total. The Bertz CT molecular complexity index is 1040. The van der Waals surface area contributed by atoms with Crippen molar-refractivity contribution < 1.29 is 24.2 Å². The van der Waals surface area contributed by atoms with Gasteiger partial charge in [0.1, 0.15) is 5.84 Å². The third-order valence-corrected chi connectivity index (χ3v) is 4.95. The number of nitrogens with zero attached hydrogens (tertiary/aromatic N) is 2. The fraction of sp³-hybridized carbons (Fsp3) is 0.273. The van der Waals surface area contributed by atoms with Crippen molar-refractivity contribution in [3.8, 4) is 0 Å². The molecule has 5 N–H and O–H groups in total. The molecule has 3 amide bonds. The van der Waals surface area contributed by atoms with Crippen molar-refractivity contribution in [2.75, 3.05) is 37.5 Å². The van der Waals surface area contributed by atoms with Crippen LogP contribution in [0.3, 0.4) is 0 Å². The van der Waals surface area contributed by atoms with Gasteiger partial charge in [-0.05, 0) is 42.5 Å². The molecule has 1 aliphatic rings. The lowest BCUT2D eigenvalue weighted by molar-refractivity contribution is -0.150. The molecule has 1 fully saturated rings. The number of nitrogens with one attached hydrogen (secondary N) is 2. The maximum absolute atomic E-state index is 13.0. The van der Waals surface area contributed by atoms with Gasteiger partial charge in [0.25, 0.3) is 17.7 Å². The van der Waals surface area contributed by atoms with Crippen LogP contribution in [0.5, 0.6) is 0 Å². The predicted octanol–water partition coefficient (Wildman–Crippen LogP) is 0.404. The van der Waals surface area contributed by atoms with E-state index in [-0.39, 0.29) is 24.9 Å². The highest BCUT2D eigenvalue weighted by Gasteiger charge is 2.39. The lowest BCUT2D eigenvalue weighted by atomic mass is 10.1. The number of rotatable bonds is 6. The minimum absolute atomic E-state index is 0.111. The summed E-state index contributed by atoms with van der Waals surface area (Å²) in [7, 11) is 3.26. The number of hydrogen-bond acceptors (Lipinski definition) is 6. The summed E-state index contributed by atoms with van der Waals surface area (Å²) in [6.45, 7) is 0.329. The van der Waals surface area contributed by atoms with Gasteiger partial charge < -0.3 is 30.7 Å². The molecule has 1 aliphatic heterocycles. The molecule has 0 spiro atoms. The number of carbonyl (C=O) groups is 3. The van der Waals surface area contributed by atoms with Gasteiger partial charge >= 0.3 is 0 Å². The number of hydrogen-bond donors (Lipinski definition) is 4. The molecule has 0 aromatic heterocycles. The number of amides is 3. The molecule has 10 heteroatoms. The number of benzene rings is 2. The highest BCUT2D eigenvalue weighted by molar-refractivity contribution is 6.04. The second-order valence-corrected chi connectivity index (χ2v) is 7.46. The number of aliphatic hydroxyl groups excluding tert-OH is 1. The first-order valence-electron chi connectivity index (χ1n) is 9.87. The Morgan fingerprint density at radius 1 is 1.22 bits per heavy atom. The van der Waals surface area contributed by atoms with Crippen molar-refractivity contribution in [3.05, 3.63) is 59.7 Å². The van der Waals surface area contributed by atoms with E-state index < -0.39 is 24.0 Å². The molecule has 3 rings (SSSR count). The van der Waals surface area contributed by atoms with Gasteiger partial charge in [0.15, 0.2) is 12.2 Å². The quantitative estimate of drug-likeness (QED) is 0.378. The number of aliphatic hydroxyl groups is 1. The van der Waals surface area contributed by atoms with Crippen LogP contribution in [0.2, 0.25) is 0 Å². The highest BCUT2D eigenvalue weighted by atomic mass is 16.5. The minimum atomic E-state index is -1.75. The summed E-state index contributed by atoms with van der Waals surface area (Å²) in [5.41, 5.74) is 7.15. The van der Waals surface area contributed by atoms with Gasteiger partial charge in [-0.25, -0.2) is 0 Å². The highest BCUT2D eigenvalue weighted by Crippen LogP contribution is 2.22. The van der Waals surface area contributed by atoms with Crippen LogP contribution < -0.4 is 16.0 Å². The largest absolute Gasteiger partial charge is 0.384 e. The maximum atomic E-state index is 13.0. The van der Waals surface area contributed by atoms with E-state index in [9.17, 15) is 19.5 Å². The Balaban J connectivity index is 1.72. The number of anilines is 2. The van der Waals surface area contributed by atoms with Crippen molar-refractivity contribution >= 4 is 34.9 Å². The molecular weight excluding hydrogens is 414 g/mol. The molecule has 2 atom stereocenters. The standard InChI is InChI=1S/C22H25N5O5/c1-26(2)21(30)14-4-3-5-16(12-14)27-10-11-32-18(22(27)31)17(28)20(29)25-15-8-6-13(7-9-15)19(23)24/h3-9,12,17-18,28H,10-11H2,1-2H3,(H3,23,24)(H,25,29)/t17?,18-/m1/s1. The normalized spacial score (nSPS) is 16.9. The molecule has 32 heavy (non-hydrogen) atoms. The van der Waals surface area contributed by atoms with Crippen LogP contribution in [0, 0.1) is 5.41 Å². The SMILES string of the molecule is CN(C)C(=O)c1cccc(N2CCO[C@H](C(O)C(=O)Nc3ccc(C(=N)N)cc3)C2=O)c1. The number of ether oxygens (including phenoxy) is 1. The summed E-state index contributed by atoms with van der Waals surface area (Å²) in [4.78, 5) is 40.6. The Morgan fingerprint density at radius 2 is 1.91 bits per heavy atom. The van der Waals surface area contributed by atoms with Gasteiger partial charge in [0.05, 0.1) is 6.61 Å². The summed E-state index contributed by atoms with van der Waals surface area (Å²) in [5, 5.41) is 20.4. The van der Waals surface area contributed by atoms with E-state index in [0.717, 1.165) is 0 Å².